The Morgan fingerprint density at radius 1 is 0.375 bits per heavy atom. The van der Waals surface area contributed by atoms with Crippen molar-refractivity contribution in [3.05, 3.63) is 215 Å². The van der Waals surface area contributed by atoms with Gasteiger partial charge in [0.15, 0.2) is 17.5 Å². The third-order valence-corrected chi connectivity index (χ3v) is 14.9. The van der Waals surface area contributed by atoms with Crippen LogP contribution >= 0.6 is 0 Å². The molecule has 0 saturated carbocycles. The van der Waals surface area contributed by atoms with E-state index in [2.05, 4.69) is 208 Å². The molecule has 4 nitrogen and oxygen atoms in total. The fourth-order valence-electron chi connectivity index (χ4n) is 11.8. The number of nitrogens with zero attached hydrogens (tertiary/aromatic N) is 4. The third-order valence-electron chi connectivity index (χ3n) is 14.9. The zero-order valence-electron chi connectivity index (χ0n) is 36.5. The highest BCUT2D eigenvalue weighted by Crippen LogP contribution is 2.64. The largest absolute Gasteiger partial charge is 0.309 e. The average Bonchev–Trinajstić information content (AvgIpc) is 3.95. The highest BCUT2D eigenvalue weighted by Gasteiger charge is 2.52. The summed E-state index contributed by atoms with van der Waals surface area (Å²) >= 11 is 0. The highest BCUT2D eigenvalue weighted by atomic mass is 15.0. The first kappa shape index (κ1) is 37.2. The molecule has 0 atom stereocenters. The van der Waals surface area contributed by atoms with E-state index in [1.165, 1.54) is 83.9 Å². The lowest BCUT2D eigenvalue weighted by Crippen LogP contribution is -2.33. The van der Waals surface area contributed by atoms with Crippen molar-refractivity contribution in [1.82, 2.24) is 19.5 Å². The number of hydrogen-bond acceptors (Lipinski definition) is 3. The second-order valence-electron chi connectivity index (χ2n) is 19.4. The fourth-order valence-corrected chi connectivity index (χ4v) is 11.8. The molecule has 0 bridgehead atoms. The summed E-state index contributed by atoms with van der Waals surface area (Å²) in [5, 5.41) is 2.56. The van der Waals surface area contributed by atoms with Gasteiger partial charge in [0, 0.05) is 33.2 Å². The summed E-state index contributed by atoms with van der Waals surface area (Å²) in [6.07, 6.45) is 2.34. The van der Waals surface area contributed by atoms with Crippen molar-refractivity contribution < 1.29 is 0 Å². The van der Waals surface area contributed by atoms with E-state index >= 15 is 0 Å². The van der Waals surface area contributed by atoms with Gasteiger partial charge in [-0.3, -0.25) is 0 Å². The first-order valence-corrected chi connectivity index (χ1v) is 22.7. The molecule has 0 radical (unpaired) electrons. The summed E-state index contributed by atoms with van der Waals surface area (Å²) < 4.78 is 2.45. The molecule has 3 aliphatic carbocycles. The van der Waals surface area contributed by atoms with E-state index in [0.717, 1.165) is 28.8 Å². The predicted molar refractivity (Wildman–Crippen MR) is 262 cm³/mol. The molecule has 13 rings (SSSR count). The second kappa shape index (κ2) is 13.3. The van der Waals surface area contributed by atoms with Gasteiger partial charge in [0.25, 0.3) is 0 Å². The van der Waals surface area contributed by atoms with Crippen LogP contribution in [0.3, 0.4) is 0 Å². The van der Waals surface area contributed by atoms with E-state index in [4.69, 9.17) is 15.0 Å². The molecular weight excluding hydrogens is 777 g/mol. The Balaban J connectivity index is 1.03. The second-order valence-corrected chi connectivity index (χ2v) is 19.4. The number of benzene rings is 8. The quantitative estimate of drug-likeness (QED) is 0.178. The van der Waals surface area contributed by atoms with Crippen molar-refractivity contribution in [3.63, 3.8) is 0 Å². The minimum atomic E-state index is -0.464. The zero-order chi connectivity index (χ0) is 43.0. The Morgan fingerprint density at radius 3 is 1.61 bits per heavy atom. The van der Waals surface area contributed by atoms with E-state index in [9.17, 15) is 0 Å². The molecular formula is C60H46N4. The number of para-hydroxylation sites is 1. The van der Waals surface area contributed by atoms with Crippen molar-refractivity contribution >= 4 is 21.8 Å². The minimum absolute atomic E-state index is 0.0829. The molecule has 0 fully saturated rings. The Labute approximate surface area is 374 Å². The molecule has 0 unspecified atom stereocenters. The molecule has 2 heterocycles. The average molecular weight is 823 g/mol. The maximum absolute atomic E-state index is 5.46. The molecule has 64 heavy (non-hydrogen) atoms. The molecule has 0 aliphatic heterocycles. The van der Waals surface area contributed by atoms with Crippen LogP contribution in [-0.2, 0) is 16.2 Å². The van der Waals surface area contributed by atoms with E-state index in [-0.39, 0.29) is 10.8 Å². The Hall–Kier alpha value is -7.43. The molecule has 0 N–H and O–H groups in total. The van der Waals surface area contributed by atoms with Gasteiger partial charge >= 0.3 is 0 Å². The van der Waals surface area contributed by atoms with Gasteiger partial charge in [-0.25, -0.2) is 15.0 Å². The van der Waals surface area contributed by atoms with Crippen LogP contribution < -0.4 is 0 Å². The zero-order valence-corrected chi connectivity index (χ0v) is 36.5. The number of hydrogen-bond donors (Lipinski definition) is 0. The monoisotopic (exact) mass is 822 g/mol. The van der Waals surface area contributed by atoms with E-state index in [1.807, 2.05) is 6.07 Å². The predicted octanol–water partition coefficient (Wildman–Crippen LogP) is 14.7. The Bertz CT molecular complexity index is 3530. The first-order valence-electron chi connectivity index (χ1n) is 22.7. The SMILES string of the molecule is CC1(C)CCC(C)(C)c2cc3c(cc21)c1ccccc1n3-c1cccc(-c2nc(-c3ccccc3)nc(-c3cccc4c3-c3ccccc3C43c4ccccc4-c4ccccc43)n2)c1. The van der Waals surface area contributed by atoms with Crippen LogP contribution in [0.4, 0.5) is 0 Å². The van der Waals surface area contributed by atoms with Crippen LogP contribution in [0, 0.1) is 0 Å². The Kier molecular flexibility index (Phi) is 7.72. The highest BCUT2D eigenvalue weighted by molar-refractivity contribution is 6.10. The fraction of sp³-hybridized carbons (Fsp3) is 0.150. The summed E-state index contributed by atoms with van der Waals surface area (Å²) in [7, 11) is 0. The molecule has 1 spiro atoms. The smallest absolute Gasteiger partial charge is 0.164 e. The maximum atomic E-state index is 5.46. The molecule has 0 amide bonds. The molecule has 8 aromatic carbocycles. The van der Waals surface area contributed by atoms with Crippen LogP contribution in [0.25, 0.3) is 83.9 Å². The molecule has 0 saturated heterocycles. The topological polar surface area (TPSA) is 43.6 Å². The number of fused-ring (bicyclic) bond motifs is 14. The van der Waals surface area contributed by atoms with Gasteiger partial charge < -0.3 is 4.57 Å². The van der Waals surface area contributed by atoms with Crippen molar-refractivity contribution in [2.24, 2.45) is 0 Å². The van der Waals surface area contributed by atoms with Crippen molar-refractivity contribution in [2.45, 2.75) is 56.8 Å². The van der Waals surface area contributed by atoms with Gasteiger partial charge in [0.05, 0.1) is 16.4 Å². The normalized spacial score (nSPS) is 15.8. The minimum Gasteiger partial charge on any atom is -0.309 e. The summed E-state index contributed by atoms with van der Waals surface area (Å²) in [5.74, 6) is 1.95. The number of aromatic nitrogens is 4. The Morgan fingerprint density at radius 2 is 0.891 bits per heavy atom. The van der Waals surface area contributed by atoms with Crippen molar-refractivity contribution in [2.75, 3.05) is 0 Å². The van der Waals surface area contributed by atoms with Gasteiger partial charge in [0.1, 0.15) is 0 Å². The van der Waals surface area contributed by atoms with Crippen molar-refractivity contribution in [1.29, 1.82) is 0 Å². The van der Waals surface area contributed by atoms with Gasteiger partial charge in [-0.05, 0) is 110 Å². The summed E-state index contributed by atoms with van der Waals surface area (Å²) in [4.78, 5) is 16.1. The van der Waals surface area contributed by atoms with Crippen LogP contribution in [0.5, 0.6) is 0 Å². The lowest BCUT2D eigenvalue weighted by Gasteiger charge is -2.42. The van der Waals surface area contributed by atoms with Crippen LogP contribution in [0.15, 0.2) is 182 Å². The summed E-state index contributed by atoms with van der Waals surface area (Å²) in [6, 6.07) is 66.5. The third kappa shape index (κ3) is 5.08. The summed E-state index contributed by atoms with van der Waals surface area (Å²) in [6.45, 7) is 9.65. The summed E-state index contributed by atoms with van der Waals surface area (Å²) in [5.41, 5.74) is 19.2. The molecule has 2 aromatic heterocycles. The lowest BCUT2D eigenvalue weighted by atomic mass is 9.63. The molecule has 10 aromatic rings. The van der Waals surface area contributed by atoms with Crippen LogP contribution in [0.2, 0.25) is 0 Å². The van der Waals surface area contributed by atoms with Gasteiger partial charge in [-0.1, -0.05) is 179 Å². The van der Waals surface area contributed by atoms with E-state index < -0.39 is 5.41 Å². The van der Waals surface area contributed by atoms with E-state index in [0.29, 0.717) is 17.5 Å². The molecule has 306 valence electrons. The molecule has 4 heteroatoms. The van der Waals surface area contributed by atoms with Gasteiger partial charge in [-0.2, -0.15) is 0 Å². The van der Waals surface area contributed by atoms with Gasteiger partial charge in [-0.15, -0.1) is 0 Å². The van der Waals surface area contributed by atoms with Crippen LogP contribution in [-0.4, -0.2) is 19.5 Å². The lowest BCUT2D eigenvalue weighted by molar-refractivity contribution is 0.332. The van der Waals surface area contributed by atoms with Gasteiger partial charge in [0.2, 0.25) is 0 Å². The standard InChI is InChI=1S/C60H46N4/c1-58(2)32-33-59(3,4)51-36-53-45(35-50(51)58)42-24-11-15-31-52(42)64(53)39-21-16-20-38(34-39)56-61-55(37-18-6-5-7-19-37)62-57(63-56)44-26-17-30-49-54(44)43-25-10-14-29-48(43)60(49)46-27-12-8-22-40(46)41-23-9-13-28-47(41)60/h5-31,34-36H,32-33H2,1-4H3. The maximum Gasteiger partial charge on any atom is 0.164 e. The number of rotatable bonds is 4. The van der Waals surface area contributed by atoms with Crippen LogP contribution in [0.1, 0.15) is 73.9 Å². The first-order chi connectivity index (χ1) is 31.2. The van der Waals surface area contributed by atoms with Crippen molar-refractivity contribution in [3.8, 4) is 62.1 Å². The van der Waals surface area contributed by atoms with E-state index in [1.54, 1.807) is 0 Å². The molecule has 3 aliphatic rings.